The molecule has 4 nitrogen and oxygen atoms in total. The molecule has 0 aromatic heterocycles. The van der Waals surface area contributed by atoms with Crippen LogP contribution in [0.1, 0.15) is 18.4 Å². The molecule has 0 aliphatic rings. The van der Waals surface area contributed by atoms with Crippen LogP contribution in [0, 0.1) is 11.8 Å². The lowest BCUT2D eigenvalue weighted by Gasteiger charge is -2.08. The Balaban J connectivity index is 2.70. The molecule has 1 aromatic carbocycles. The Kier molecular flexibility index (Phi) is 6.20. The van der Waals surface area contributed by atoms with Crippen LogP contribution in [0.15, 0.2) is 29.2 Å². The third kappa shape index (κ3) is 6.62. The molecule has 21 heavy (non-hydrogen) atoms. The van der Waals surface area contributed by atoms with E-state index in [2.05, 4.69) is 16.6 Å². The van der Waals surface area contributed by atoms with Crippen molar-refractivity contribution in [2.45, 2.75) is 23.9 Å². The molecule has 3 N–H and O–H groups in total. The van der Waals surface area contributed by atoms with Crippen molar-refractivity contribution in [3.8, 4) is 11.8 Å². The third-order valence-corrected chi connectivity index (χ3v) is 3.87. The van der Waals surface area contributed by atoms with Gasteiger partial charge in [0.1, 0.15) is 0 Å². The Morgan fingerprint density at radius 3 is 2.62 bits per heavy atom. The van der Waals surface area contributed by atoms with Gasteiger partial charge in [-0.15, -0.1) is 0 Å². The molecule has 8 heteroatoms. The van der Waals surface area contributed by atoms with Crippen LogP contribution in [0.3, 0.4) is 0 Å². The number of halogens is 3. The highest BCUT2D eigenvalue weighted by atomic mass is 32.2. The molecule has 0 bridgehead atoms. The minimum Gasteiger partial charge on any atom is -0.320 e. The predicted molar refractivity (Wildman–Crippen MR) is 72.9 cm³/mol. The van der Waals surface area contributed by atoms with Gasteiger partial charge in [-0.05, 0) is 24.6 Å². The van der Waals surface area contributed by atoms with E-state index in [1.165, 1.54) is 18.2 Å². The molecule has 0 aliphatic heterocycles. The van der Waals surface area contributed by atoms with Crippen LogP contribution in [0.25, 0.3) is 0 Å². The summed E-state index contributed by atoms with van der Waals surface area (Å²) < 4.78 is 61.9. The maximum atomic E-state index is 12.0. The molecular weight excluding hydrogens is 305 g/mol. The Labute approximate surface area is 121 Å². The quantitative estimate of drug-likeness (QED) is 0.640. The van der Waals surface area contributed by atoms with Gasteiger partial charge in [0.15, 0.2) is 0 Å². The number of hydrogen-bond acceptors (Lipinski definition) is 3. The minimum atomic E-state index is -4.29. The summed E-state index contributed by atoms with van der Waals surface area (Å²) in [5.41, 5.74) is 5.69. The Hall–Kier alpha value is -1.56. The predicted octanol–water partition coefficient (Wildman–Crippen LogP) is 1.62. The van der Waals surface area contributed by atoms with E-state index in [1.807, 2.05) is 0 Å². The summed E-state index contributed by atoms with van der Waals surface area (Å²) in [6, 6.07) is 5.81. The van der Waals surface area contributed by atoms with Crippen LogP contribution in [-0.4, -0.2) is 27.7 Å². The lowest BCUT2D eigenvalue weighted by molar-refractivity contribution is -0.135. The molecule has 0 saturated carbocycles. The van der Waals surface area contributed by atoms with Gasteiger partial charge in [0.25, 0.3) is 0 Å². The Bertz CT molecular complexity index is 631. The van der Waals surface area contributed by atoms with E-state index in [4.69, 9.17) is 5.73 Å². The van der Waals surface area contributed by atoms with E-state index in [0.717, 1.165) is 0 Å². The monoisotopic (exact) mass is 320 g/mol. The molecular formula is C13H15F3N2O2S. The first kappa shape index (κ1) is 17.5. The molecule has 0 heterocycles. The van der Waals surface area contributed by atoms with Crippen molar-refractivity contribution < 1.29 is 21.6 Å². The van der Waals surface area contributed by atoms with Gasteiger partial charge < -0.3 is 5.73 Å². The van der Waals surface area contributed by atoms with Gasteiger partial charge in [-0.2, -0.15) is 13.2 Å². The van der Waals surface area contributed by atoms with Crippen molar-refractivity contribution in [3.05, 3.63) is 29.8 Å². The molecule has 1 rings (SSSR count). The molecule has 0 saturated heterocycles. The van der Waals surface area contributed by atoms with Gasteiger partial charge in [0, 0.05) is 18.5 Å². The molecule has 0 amide bonds. The van der Waals surface area contributed by atoms with E-state index in [1.54, 1.807) is 6.07 Å². The zero-order valence-electron chi connectivity index (χ0n) is 11.1. The largest absolute Gasteiger partial charge is 0.389 e. The number of alkyl halides is 3. The lowest BCUT2D eigenvalue weighted by atomic mass is 10.2. The summed E-state index contributed by atoms with van der Waals surface area (Å²) >= 11 is 0. The van der Waals surface area contributed by atoms with Crippen molar-refractivity contribution in [2.24, 2.45) is 5.73 Å². The summed E-state index contributed by atoms with van der Waals surface area (Å²) in [7, 11) is -3.84. The first-order valence-corrected chi connectivity index (χ1v) is 7.58. The van der Waals surface area contributed by atoms with Crippen molar-refractivity contribution in [3.63, 3.8) is 0 Å². The molecule has 116 valence electrons. The van der Waals surface area contributed by atoms with Gasteiger partial charge in [-0.1, -0.05) is 17.9 Å². The van der Waals surface area contributed by atoms with Gasteiger partial charge >= 0.3 is 6.18 Å². The van der Waals surface area contributed by atoms with Crippen LogP contribution in [0.5, 0.6) is 0 Å². The van der Waals surface area contributed by atoms with Crippen LogP contribution in [-0.2, 0) is 10.0 Å². The molecule has 0 unspecified atom stereocenters. The number of hydrogen-bond donors (Lipinski definition) is 2. The van der Waals surface area contributed by atoms with Crippen molar-refractivity contribution >= 4 is 10.0 Å². The molecule has 0 spiro atoms. The fourth-order valence-electron chi connectivity index (χ4n) is 1.47. The Morgan fingerprint density at radius 1 is 1.29 bits per heavy atom. The van der Waals surface area contributed by atoms with Crippen LogP contribution < -0.4 is 10.5 Å². The lowest BCUT2D eigenvalue weighted by Crippen LogP contribution is -2.25. The first-order valence-electron chi connectivity index (χ1n) is 6.10. The highest BCUT2D eigenvalue weighted by Gasteiger charge is 2.26. The third-order valence-electron chi connectivity index (χ3n) is 2.41. The summed E-state index contributed by atoms with van der Waals surface area (Å²) in [6.07, 6.45) is -5.63. The SMILES string of the molecule is NCC#Cc1cccc(S(=O)(=O)NCCCC(F)(F)F)c1. The molecule has 0 radical (unpaired) electrons. The number of benzene rings is 1. The van der Waals surface area contributed by atoms with Gasteiger partial charge in [-0.3, -0.25) is 0 Å². The van der Waals surface area contributed by atoms with E-state index in [0.29, 0.717) is 5.56 Å². The van der Waals surface area contributed by atoms with Crippen molar-refractivity contribution in [1.29, 1.82) is 0 Å². The number of rotatable bonds is 5. The highest BCUT2D eigenvalue weighted by molar-refractivity contribution is 7.89. The minimum absolute atomic E-state index is 0.0432. The van der Waals surface area contributed by atoms with Gasteiger partial charge in [-0.25, -0.2) is 13.1 Å². The summed E-state index contributed by atoms with van der Waals surface area (Å²) in [5.74, 6) is 5.28. The van der Waals surface area contributed by atoms with E-state index >= 15 is 0 Å². The van der Waals surface area contributed by atoms with E-state index in [9.17, 15) is 21.6 Å². The fraction of sp³-hybridized carbons (Fsp3) is 0.385. The maximum absolute atomic E-state index is 12.0. The standard InChI is InChI=1S/C13H15F3N2O2S/c14-13(15,16)7-3-9-18-21(19,20)12-6-1-4-11(10-12)5-2-8-17/h1,4,6,10,18H,3,7-9,17H2. The summed E-state index contributed by atoms with van der Waals surface area (Å²) in [4.78, 5) is -0.0432. The second-order valence-electron chi connectivity index (χ2n) is 4.15. The zero-order chi connectivity index (χ0) is 15.9. The smallest absolute Gasteiger partial charge is 0.320 e. The highest BCUT2D eigenvalue weighted by Crippen LogP contribution is 2.21. The summed E-state index contributed by atoms with van der Waals surface area (Å²) in [5, 5.41) is 0. The fourth-order valence-corrected chi connectivity index (χ4v) is 2.59. The second kappa shape index (κ2) is 7.45. The normalized spacial score (nSPS) is 11.8. The molecule has 1 aromatic rings. The van der Waals surface area contributed by atoms with Crippen LogP contribution >= 0.6 is 0 Å². The maximum Gasteiger partial charge on any atom is 0.389 e. The van der Waals surface area contributed by atoms with Crippen molar-refractivity contribution in [2.75, 3.05) is 13.1 Å². The second-order valence-corrected chi connectivity index (χ2v) is 5.92. The van der Waals surface area contributed by atoms with E-state index < -0.39 is 22.6 Å². The summed E-state index contributed by atoms with van der Waals surface area (Å²) in [6.45, 7) is -0.132. The van der Waals surface area contributed by atoms with E-state index in [-0.39, 0.29) is 24.4 Å². The first-order chi connectivity index (χ1) is 9.74. The molecule has 0 atom stereocenters. The Morgan fingerprint density at radius 2 is 2.00 bits per heavy atom. The zero-order valence-corrected chi connectivity index (χ0v) is 11.9. The van der Waals surface area contributed by atoms with Crippen LogP contribution in [0.2, 0.25) is 0 Å². The van der Waals surface area contributed by atoms with Gasteiger partial charge in [0.2, 0.25) is 10.0 Å². The molecule has 0 fully saturated rings. The van der Waals surface area contributed by atoms with Gasteiger partial charge in [0.05, 0.1) is 11.4 Å². The number of sulfonamides is 1. The molecule has 0 aliphatic carbocycles. The average Bonchev–Trinajstić information content (AvgIpc) is 2.41. The number of nitrogens with one attached hydrogen (secondary N) is 1. The number of nitrogens with two attached hydrogens (primary N) is 1. The average molecular weight is 320 g/mol. The topological polar surface area (TPSA) is 72.2 Å². The van der Waals surface area contributed by atoms with Crippen molar-refractivity contribution in [1.82, 2.24) is 4.72 Å². The van der Waals surface area contributed by atoms with Crippen LogP contribution in [0.4, 0.5) is 13.2 Å².